The van der Waals surface area contributed by atoms with E-state index >= 15 is 0 Å². The molecule has 4 heterocycles. The van der Waals surface area contributed by atoms with Crippen LogP contribution in [0.4, 0.5) is 5.13 Å². The Morgan fingerprint density at radius 2 is 1.95 bits per heavy atom. The minimum Gasteiger partial charge on any atom is -0.494 e. The molecule has 37 heavy (non-hydrogen) atoms. The average Bonchev–Trinajstić information content (AvgIpc) is 3.56. The molecule has 4 aromatic rings. The summed E-state index contributed by atoms with van der Waals surface area (Å²) in [4.78, 5) is 24.4. The van der Waals surface area contributed by atoms with Gasteiger partial charge >= 0.3 is 0 Å². The summed E-state index contributed by atoms with van der Waals surface area (Å²) in [6, 6.07) is 10.3. The molecule has 1 aromatic carbocycles. The molecule has 0 atom stereocenters. The predicted octanol–water partition coefficient (Wildman–Crippen LogP) is 5.70. The highest BCUT2D eigenvalue weighted by atomic mass is 35.5. The van der Waals surface area contributed by atoms with Gasteiger partial charge in [0.2, 0.25) is 5.91 Å². The highest BCUT2D eigenvalue weighted by Crippen LogP contribution is 2.40. The normalized spacial score (nSPS) is 15.2. The van der Waals surface area contributed by atoms with E-state index in [4.69, 9.17) is 32.9 Å². The van der Waals surface area contributed by atoms with Gasteiger partial charge in [0.25, 0.3) is 10.0 Å². The predicted molar refractivity (Wildman–Crippen MR) is 147 cm³/mol. The zero-order valence-corrected chi connectivity index (χ0v) is 23.6. The van der Waals surface area contributed by atoms with Gasteiger partial charge in [-0.1, -0.05) is 40.6 Å². The molecule has 0 radical (unpaired) electrons. The van der Waals surface area contributed by atoms with E-state index in [1.807, 2.05) is 12.1 Å². The number of nitrogens with zero attached hydrogens (tertiary/aromatic N) is 4. The highest BCUT2D eigenvalue weighted by molar-refractivity contribution is 7.91. The fourth-order valence-corrected chi connectivity index (χ4v) is 8.63. The second-order valence-corrected chi connectivity index (χ2v) is 13.7. The van der Waals surface area contributed by atoms with Gasteiger partial charge in [-0.2, -0.15) is 4.31 Å². The van der Waals surface area contributed by atoms with Gasteiger partial charge in [0, 0.05) is 31.4 Å². The lowest BCUT2D eigenvalue weighted by molar-refractivity contribution is -0.123. The van der Waals surface area contributed by atoms with Gasteiger partial charge in [0.1, 0.15) is 15.5 Å². The summed E-state index contributed by atoms with van der Waals surface area (Å²) in [7, 11) is -2.08. The first-order chi connectivity index (χ1) is 17.8. The topological polar surface area (TPSA) is 92.7 Å². The van der Waals surface area contributed by atoms with Gasteiger partial charge in [-0.3, -0.25) is 14.7 Å². The first-order valence-corrected chi connectivity index (χ1v) is 15.2. The third-order valence-corrected chi connectivity index (χ3v) is 11.3. The number of anilines is 1. The zero-order valence-electron chi connectivity index (χ0n) is 19.6. The number of methoxy groups -OCH3 is 1. The van der Waals surface area contributed by atoms with E-state index in [-0.39, 0.29) is 35.7 Å². The molecule has 1 aliphatic rings. The van der Waals surface area contributed by atoms with Crippen LogP contribution in [0.5, 0.6) is 5.75 Å². The standard InChI is InChI=1S/C24H22Cl2N4O4S3/c1-34-18-5-4-17(25)22-21(18)28-24(36-22)30(14-15-3-2-10-27-13-15)23(31)16-8-11-29(12-9-16)37(32,33)20-7-6-19(26)35-20/h2-7,10,13,16H,8-9,11-12,14H2,1H3. The first kappa shape index (κ1) is 26.3. The van der Waals surface area contributed by atoms with Crippen molar-refractivity contribution in [3.8, 4) is 5.75 Å². The van der Waals surface area contributed by atoms with Crippen LogP contribution in [0.15, 0.2) is 53.0 Å². The lowest BCUT2D eigenvalue weighted by Gasteiger charge is -2.32. The molecule has 194 valence electrons. The van der Waals surface area contributed by atoms with Crippen molar-refractivity contribution >= 4 is 77.2 Å². The number of benzene rings is 1. The Bertz CT molecular complexity index is 1530. The van der Waals surface area contributed by atoms with Gasteiger partial charge in [0.15, 0.2) is 5.13 Å². The van der Waals surface area contributed by atoms with Crippen LogP contribution in [0.25, 0.3) is 10.2 Å². The molecule has 1 aliphatic heterocycles. The summed E-state index contributed by atoms with van der Waals surface area (Å²) in [5.74, 6) is 0.0940. The van der Waals surface area contributed by atoms with Gasteiger partial charge in [0.05, 0.1) is 27.7 Å². The number of carbonyl (C=O) groups excluding carboxylic acids is 1. The van der Waals surface area contributed by atoms with E-state index < -0.39 is 10.0 Å². The number of thiophene rings is 1. The van der Waals surface area contributed by atoms with E-state index in [1.54, 1.807) is 42.6 Å². The summed E-state index contributed by atoms with van der Waals surface area (Å²) in [5, 5.41) is 1.03. The van der Waals surface area contributed by atoms with E-state index in [2.05, 4.69) is 4.98 Å². The van der Waals surface area contributed by atoms with Crippen molar-refractivity contribution in [2.24, 2.45) is 5.92 Å². The van der Waals surface area contributed by atoms with Crippen LogP contribution in [0.2, 0.25) is 9.36 Å². The van der Waals surface area contributed by atoms with Gasteiger partial charge in [-0.15, -0.1) is 11.3 Å². The van der Waals surface area contributed by atoms with Crippen molar-refractivity contribution in [1.29, 1.82) is 0 Å². The fourth-order valence-electron chi connectivity index (χ4n) is 4.26. The van der Waals surface area contributed by atoms with Crippen LogP contribution >= 0.6 is 45.9 Å². The van der Waals surface area contributed by atoms with Crippen molar-refractivity contribution in [2.75, 3.05) is 25.1 Å². The molecule has 0 bridgehead atoms. The quantitative estimate of drug-likeness (QED) is 0.271. The summed E-state index contributed by atoms with van der Waals surface area (Å²) in [6.07, 6.45) is 4.18. The number of aromatic nitrogens is 2. The molecule has 3 aromatic heterocycles. The number of fused-ring (bicyclic) bond motifs is 1. The summed E-state index contributed by atoms with van der Waals surface area (Å²) < 4.78 is 34.3. The zero-order chi connectivity index (χ0) is 26.2. The number of piperidine rings is 1. The van der Waals surface area contributed by atoms with Gasteiger partial charge in [-0.05, 0) is 48.7 Å². The van der Waals surface area contributed by atoms with Crippen molar-refractivity contribution < 1.29 is 17.9 Å². The number of rotatable bonds is 7. The molecule has 0 unspecified atom stereocenters. The Morgan fingerprint density at radius 3 is 2.59 bits per heavy atom. The molecular weight excluding hydrogens is 575 g/mol. The van der Waals surface area contributed by atoms with E-state index in [0.29, 0.717) is 38.6 Å². The smallest absolute Gasteiger partial charge is 0.252 e. The van der Waals surface area contributed by atoms with E-state index in [0.717, 1.165) is 21.6 Å². The Kier molecular flexibility index (Phi) is 7.71. The molecule has 1 fully saturated rings. The lowest BCUT2D eigenvalue weighted by Crippen LogP contribution is -2.44. The van der Waals surface area contributed by atoms with Crippen LogP contribution < -0.4 is 9.64 Å². The monoisotopic (exact) mass is 596 g/mol. The largest absolute Gasteiger partial charge is 0.494 e. The van der Waals surface area contributed by atoms with Gasteiger partial charge < -0.3 is 4.74 Å². The van der Waals surface area contributed by atoms with Crippen LogP contribution in [0, 0.1) is 5.92 Å². The maximum atomic E-state index is 13.9. The number of ether oxygens (including phenoxy) is 1. The third-order valence-electron chi connectivity index (χ3n) is 6.17. The molecule has 0 aliphatic carbocycles. The van der Waals surface area contributed by atoms with E-state index in [9.17, 15) is 13.2 Å². The molecule has 0 spiro atoms. The molecule has 0 saturated carbocycles. The minimum absolute atomic E-state index is 0.116. The van der Waals surface area contributed by atoms with Crippen LogP contribution in [0.3, 0.4) is 0 Å². The van der Waals surface area contributed by atoms with Crippen molar-refractivity contribution in [3.63, 3.8) is 0 Å². The number of hydrogen-bond donors (Lipinski definition) is 0. The molecule has 0 N–H and O–H groups in total. The number of sulfonamides is 1. The minimum atomic E-state index is -3.65. The number of amides is 1. The number of hydrogen-bond acceptors (Lipinski definition) is 8. The number of halogens is 2. The molecule has 1 saturated heterocycles. The fraction of sp³-hybridized carbons (Fsp3) is 0.292. The Balaban J connectivity index is 1.41. The Hall–Kier alpha value is -2.28. The summed E-state index contributed by atoms with van der Waals surface area (Å²) in [6.45, 7) is 0.765. The summed E-state index contributed by atoms with van der Waals surface area (Å²) in [5.41, 5.74) is 1.44. The molecule has 13 heteroatoms. The SMILES string of the molecule is COc1ccc(Cl)c2sc(N(Cc3cccnc3)C(=O)C3CCN(S(=O)(=O)c4ccc(Cl)s4)CC3)nc12. The molecular formula is C24H22Cl2N4O4S3. The van der Waals surface area contributed by atoms with E-state index in [1.165, 1.54) is 21.7 Å². The Morgan fingerprint density at radius 1 is 1.16 bits per heavy atom. The number of pyridine rings is 1. The number of thiazole rings is 1. The average molecular weight is 598 g/mol. The van der Waals surface area contributed by atoms with Crippen LogP contribution in [-0.2, 0) is 21.4 Å². The lowest BCUT2D eigenvalue weighted by atomic mass is 9.96. The molecule has 8 nitrogen and oxygen atoms in total. The van der Waals surface area contributed by atoms with Crippen molar-refractivity contribution in [3.05, 3.63) is 63.7 Å². The maximum Gasteiger partial charge on any atom is 0.252 e. The second kappa shape index (κ2) is 10.8. The number of carbonyl (C=O) groups is 1. The highest BCUT2D eigenvalue weighted by Gasteiger charge is 2.36. The first-order valence-electron chi connectivity index (χ1n) is 11.4. The molecule has 1 amide bonds. The Labute approximate surface area is 232 Å². The molecule has 5 rings (SSSR count). The second-order valence-electron chi connectivity index (χ2n) is 8.45. The van der Waals surface area contributed by atoms with Crippen molar-refractivity contribution in [1.82, 2.24) is 14.3 Å². The van der Waals surface area contributed by atoms with Crippen molar-refractivity contribution in [2.45, 2.75) is 23.6 Å². The van der Waals surface area contributed by atoms with Crippen LogP contribution in [-0.4, -0.2) is 48.8 Å². The van der Waals surface area contributed by atoms with Gasteiger partial charge in [-0.25, -0.2) is 13.4 Å². The van der Waals surface area contributed by atoms with Crippen LogP contribution in [0.1, 0.15) is 18.4 Å². The third kappa shape index (κ3) is 5.34. The summed E-state index contributed by atoms with van der Waals surface area (Å²) >= 11 is 14.7. The maximum absolute atomic E-state index is 13.9.